The zero-order valence-corrected chi connectivity index (χ0v) is 28.7. The van der Waals surface area contributed by atoms with E-state index in [9.17, 15) is 8.42 Å². The number of hydrogen-bond donors (Lipinski definition) is 0. The molecule has 2 fully saturated rings. The van der Waals surface area contributed by atoms with Gasteiger partial charge in [0, 0.05) is 55.4 Å². The molecule has 3 aromatic carbocycles. The first-order chi connectivity index (χ1) is 23.2. The Balaban J connectivity index is 1.46. The van der Waals surface area contributed by atoms with Gasteiger partial charge in [-0.05, 0) is 80.1 Å². The third kappa shape index (κ3) is 5.36. The van der Waals surface area contributed by atoms with E-state index in [4.69, 9.17) is 25.5 Å². The number of carbonyl (C=O) groups is 1. The Morgan fingerprint density at radius 1 is 0.958 bits per heavy atom. The van der Waals surface area contributed by atoms with E-state index in [1.54, 1.807) is 43.6 Å². The Bertz CT molecular complexity index is 1910. The third-order valence-electron chi connectivity index (χ3n) is 9.73. The van der Waals surface area contributed by atoms with Crippen LogP contribution in [0.3, 0.4) is 0 Å². The van der Waals surface area contributed by atoms with E-state index in [0.29, 0.717) is 53.0 Å². The van der Waals surface area contributed by atoms with Crippen LogP contribution in [0.2, 0.25) is 5.02 Å². The normalized spacial score (nSPS) is 22.3. The van der Waals surface area contributed by atoms with Crippen molar-refractivity contribution >= 4 is 33.2 Å². The number of methoxy groups -OCH3 is 2. The minimum atomic E-state index is -4.41. The maximum Gasteiger partial charge on any atom is 0.271 e. The van der Waals surface area contributed by atoms with E-state index in [1.165, 1.54) is 25.5 Å². The van der Waals surface area contributed by atoms with Gasteiger partial charge in [0.15, 0.2) is 5.54 Å². The fourth-order valence-electron chi connectivity index (χ4n) is 7.36. The number of aromatic nitrogens is 1. The van der Waals surface area contributed by atoms with E-state index >= 15 is 4.79 Å². The van der Waals surface area contributed by atoms with Crippen LogP contribution in [0, 0.1) is 0 Å². The first kappa shape index (κ1) is 32.6. The van der Waals surface area contributed by atoms with Crippen LogP contribution in [-0.2, 0) is 26.9 Å². The maximum absolute atomic E-state index is 15.6. The fourth-order valence-corrected chi connectivity index (χ4v) is 8.99. The van der Waals surface area contributed by atoms with Crippen LogP contribution in [0.25, 0.3) is 0 Å². The Labute approximate surface area is 285 Å². The molecule has 48 heavy (non-hydrogen) atoms. The second kappa shape index (κ2) is 12.8. The minimum absolute atomic E-state index is 0.0465. The van der Waals surface area contributed by atoms with Crippen molar-refractivity contribution in [1.82, 2.24) is 19.7 Å². The number of sulfonamides is 1. The van der Waals surface area contributed by atoms with Gasteiger partial charge < -0.3 is 18.8 Å². The summed E-state index contributed by atoms with van der Waals surface area (Å²) in [5, 5.41) is 0.369. The summed E-state index contributed by atoms with van der Waals surface area (Å²) in [7, 11) is 0.776. The van der Waals surface area contributed by atoms with Gasteiger partial charge in [0.1, 0.15) is 17.8 Å². The first-order valence-electron chi connectivity index (χ1n) is 16.0. The molecule has 2 saturated heterocycles. The molecule has 4 aromatic rings. The Hall–Kier alpha value is -3.94. The van der Waals surface area contributed by atoms with E-state index in [0.717, 1.165) is 42.5 Å². The lowest BCUT2D eigenvalue weighted by molar-refractivity contribution is -0.127. The van der Waals surface area contributed by atoms with Crippen molar-refractivity contribution in [3.05, 3.63) is 101 Å². The molecule has 252 valence electrons. The molecular formula is C35H38ClN5O6S. The summed E-state index contributed by atoms with van der Waals surface area (Å²) >= 11 is 6.70. The number of hydrogen-bond acceptors (Lipinski definition) is 10. The Morgan fingerprint density at radius 2 is 1.73 bits per heavy atom. The highest BCUT2D eigenvalue weighted by molar-refractivity contribution is 7.93. The van der Waals surface area contributed by atoms with Gasteiger partial charge >= 0.3 is 0 Å². The smallest absolute Gasteiger partial charge is 0.271 e. The molecule has 0 spiro atoms. The number of benzene rings is 3. The quantitative estimate of drug-likeness (QED) is 0.240. The second-order valence-corrected chi connectivity index (χ2v) is 14.7. The predicted molar refractivity (Wildman–Crippen MR) is 181 cm³/mol. The number of halogens is 1. The number of nitrogens with zero attached hydrogens (tertiary/aromatic N) is 5. The molecule has 11 nitrogen and oxygen atoms in total. The van der Waals surface area contributed by atoms with Crippen molar-refractivity contribution in [2.45, 2.75) is 35.9 Å². The lowest BCUT2D eigenvalue weighted by atomic mass is 9.80. The molecule has 1 aromatic heterocycles. The van der Waals surface area contributed by atoms with Gasteiger partial charge in [0.2, 0.25) is 5.89 Å². The summed E-state index contributed by atoms with van der Waals surface area (Å²) < 4.78 is 47.2. The van der Waals surface area contributed by atoms with Crippen molar-refractivity contribution < 1.29 is 27.1 Å². The number of piperazine rings is 1. The summed E-state index contributed by atoms with van der Waals surface area (Å²) in [6, 6.07) is 16.4. The van der Waals surface area contributed by atoms with Gasteiger partial charge in [0.05, 0.1) is 37.0 Å². The molecule has 2 unspecified atom stereocenters. The summed E-state index contributed by atoms with van der Waals surface area (Å²) in [4.78, 5) is 26.7. The molecule has 0 radical (unpaired) electrons. The molecule has 0 saturated carbocycles. The third-order valence-corrected chi connectivity index (χ3v) is 11.7. The number of ether oxygens (including phenoxy) is 2. The number of oxazole rings is 1. The van der Waals surface area contributed by atoms with Crippen molar-refractivity contribution in [3.8, 4) is 11.5 Å². The summed E-state index contributed by atoms with van der Waals surface area (Å²) in [6.07, 6.45) is 4.47. The van der Waals surface area contributed by atoms with Gasteiger partial charge in [-0.15, -0.1) is 0 Å². The highest BCUT2D eigenvalue weighted by atomic mass is 35.5. The molecule has 13 heteroatoms. The van der Waals surface area contributed by atoms with Crippen LogP contribution in [0.1, 0.15) is 41.5 Å². The number of likely N-dealkylation sites (tertiary alicyclic amines) is 1. The molecule has 0 aliphatic carbocycles. The number of amides is 1. The standard InChI is InChI=1S/C35H38ClN5O6S/c1-38-16-18-39(19-17-38)23-24-6-13-32(46-3)29(21-24)35(40-15-4-5-31(40)33-37-14-20-47-33)28-22-25(36)7-12-30(28)41(34(35)42)48(43,44)27-10-8-26(45-2)9-11-27/h6-14,20-22,31H,4-5,15-19,23H2,1-3H3. The summed E-state index contributed by atoms with van der Waals surface area (Å²) in [5.41, 5.74) is 0.541. The zero-order chi connectivity index (χ0) is 33.6. The van der Waals surface area contributed by atoms with Crippen molar-refractivity contribution in [3.63, 3.8) is 0 Å². The molecule has 7 rings (SSSR count). The highest BCUT2D eigenvalue weighted by Gasteiger charge is 2.62. The molecular weight excluding hydrogens is 654 g/mol. The van der Waals surface area contributed by atoms with E-state index in [-0.39, 0.29) is 10.6 Å². The Kier molecular flexibility index (Phi) is 8.71. The van der Waals surface area contributed by atoms with Crippen LogP contribution in [0.4, 0.5) is 5.69 Å². The number of rotatable bonds is 9. The first-order valence-corrected chi connectivity index (χ1v) is 17.8. The van der Waals surface area contributed by atoms with E-state index < -0.39 is 27.5 Å². The molecule has 0 N–H and O–H groups in total. The molecule has 2 atom stereocenters. The molecule has 3 aliphatic heterocycles. The number of anilines is 1. The van der Waals surface area contributed by atoms with Crippen LogP contribution in [0.15, 0.2) is 82.4 Å². The maximum atomic E-state index is 15.6. The van der Waals surface area contributed by atoms with Gasteiger partial charge in [-0.2, -0.15) is 0 Å². The molecule has 3 aliphatic rings. The van der Waals surface area contributed by atoms with Gasteiger partial charge in [0.25, 0.3) is 15.9 Å². The summed E-state index contributed by atoms with van der Waals surface area (Å²) in [6.45, 7) is 4.86. The monoisotopic (exact) mass is 691 g/mol. The molecule has 1 amide bonds. The van der Waals surface area contributed by atoms with Crippen LogP contribution >= 0.6 is 11.6 Å². The SMILES string of the molecule is COc1ccc(S(=O)(=O)N2C(=O)C(c3cc(CN4CCN(C)CC4)ccc3OC)(N3CCCC3c3ncco3)c3cc(Cl)ccc32)cc1. The lowest BCUT2D eigenvalue weighted by Crippen LogP contribution is -2.54. The predicted octanol–water partition coefficient (Wildman–Crippen LogP) is 4.91. The van der Waals surface area contributed by atoms with Gasteiger partial charge in [-0.1, -0.05) is 17.7 Å². The Morgan fingerprint density at radius 3 is 2.42 bits per heavy atom. The highest BCUT2D eigenvalue weighted by Crippen LogP contribution is 2.57. The molecule has 0 bridgehead atoms. The van der Waals surface area contributed by atoms with E-state index in [2.05, 4.69) is 21.8 Å². The zero-order valence-electron chi connectivity index (χ0n) is 27.1. The average molecular weight is 692 g/mol. The summed E-state index contributed by atoms with van der Waals surface area (Å²) in [5.74, 6) is 0.755. The number of carbonyl (C=O) groups excluding carboxylic acids is 1. The van der Waals surface area contributed by atoms with E-state index in [1.807, 2.05) is 23.1 Å². The topological polar surface area (TPSA) is 109 Å². The minimum Gasteiger partial charge on any atom is -0.497 e. The van der Waals surface area contributed by atoms with Gasteiger partial charge in [-0.3, -0.25) is 14.6 Å². The molecule has 4 heterocycles. The number of likely N-dealkylation sites (N-methyl/N-ethyl adjacent to an activating group) is 1. The largest absolute Gasteiger partial charge is 0.497 e. The van der Waals surface area contributed by atoms with Crippen LogP contribution in [-0.4, -0.2) is 88.0 Å². The van der Waals surface area contributed by atoms with Gasteiger partial charge in [-0.25, -0.2) is 17.7 Å². The van der Waals surface area contributed by atoms with Crippen molar-refractivity contribution in [1.29, 1.82) is 0 Å². The second-order valence-electron chi connectivity index (χ2n) is 12.5. The van der Waals surface area contributed by atoms with Crippen molar-refractivity contribution in [2.75, 3.05) is 58.3 Å². The fraction of sp³-hybridized carbons (Fsp3) is 0.371. The number of fused-ring (bicyclic) bond motifs is 1. The van der Waals surface area contributed by atoms with Crippen LogP contribution in [0.5, 0.6) is 11.5 Å². The van der Waals surface area contributed by atoms with Crippen LogP contribution < -0.4 is 13.8 Å². The lowest BCUT2D eigenvalue weighted by Gasteiger charge is -2.41. The van der Waals surface area contributed by atoms with Crippen molar-refractivity contribution in [2.24, 2.45) is 0 Å². The average Bonchev–Trinajstić information content (AvgIpc) is 3.85.